The first-order chi connectivity index (χ1) is 12.1. The molecule has 1 aliphatic rings. The third-order valence-electron chi connectivity index (χ3n) is 4.22. The molecular weight excluding hydrogens is 342 g/mol. The minimum absolute atomic E-state index is 0.127. The lowest BCUT2D eigenvalue weighted by molar-refractivity contribution is -0.117. The van der Waals surface area contributed by atoms with E-state index in [4.69, 9.17) is 4.74 Å². The fourth-order valence-corrected chi connectivity index (χ4v) is 3.91. The van der Waals surface area contributed by atoms with Gasteiger partial charge in [0, 0.05) is 18.4 Å². The van der Waals surface area contributed by atoms with Crippen LogP contribution < -0.4 is 5.32 Å². The summed E-state index contributed by atoms with van der Waals surface area (Å²) < 4.78 is 6.61. The summed E-state index contributed by atoms with van der Waals surface area (Å²) in [7, 11) is 1.33. The van der Waals surface area contributed by atoms with Crippen molar-refractivity contribution in [1.29, 1.82) is 0 Å². The molecule has 25 heavy (non-hydrogen) atoms. The van der Waals surface area contributed by atoms with Crippen molar-refractivity contribution >= 4 is 28.3 Å². The van der Waals surface area contributed by atoms with Crippen LogP contribution in [0.3, 0.4) is 0 Å². The monoisotopic (exact) mass is 363 g/mol. The third-order valence-corrected chi connectivity index (χ3v) is 5.27. The minimum Gasteiger partial charge on any atom is -0.465 e. The molecule has 1 amide bonds. The Labute approximate surface area is 149 Å². The first kappa shape index (κ1) is 17.6. The smallest absolute Gasteiger partial charge is 0.350 e. The maximum atomic E-state index is 12.4. The normalized spacial score (nSPS) is 17.6. The van der Waals surface area contributed by atoms with Gasteiger partial charge < -0.3 is 10.1 Å². The van der Waals surface area contributed by atoms with Crippen LogP contribution in [0.5, 0.6) is 0 Å². The highest BCUT2D eigenvalue weighted by Crippen LogP contribution is 2.24. The molecule has 9 heteroatoms. The standard InChI is InChI=1S/C16H21N5O3S/c1-11-14(15(23)24-2)25-16(18-11)19-13(22)10-20-7-3-5-12(20)9-21-8-4-6-17-21/h4,6,8,12H,3,5,7,9-10H2,1-2H3,(H,18,19,22)/t12-/m1/s1. The molecule has 1 aliphatic heterocycles. The SMILES string of the molecule is COC(=O)c1sc(NC(=O)CN2CCC[C@@H]2Cn2cccn2)nc1C. The van der Waals surface area contributed by atoms with Gasteiger partial charge in [-0.2, -0.15) is 5.10 Å². The highest BCUT2D eigenvalue weighted by Gasteiger charge is 2.27. The van der Waals surface area contributed by atoms with E-state index in [9.17, 15) is 9.59 Å². The number of likely N-dealkylation sites (tertiary alicyclic amines) is 1. The number of aromatic nitrogens is 3. The van der Waals surface area contributed by atoms with Crippen molar-refractivity contribution in [2.24, 2.45) is 0 Å². The summed E-state index contributed by atoms with van der Waals surface area (Å²) in [6.07, 6.45) is 5.82. The molecule has 0 saturated carbocycles. The van der Waals surface area contributed by atoms with Gasteiger partial charge in [-0.3, -0.25) is 14.4 Å². The van der Waals surface area contributed by atoms with Gasteiger partial charge in [-0.05, 0) is 32.4 Å². The molecule has 0 aromatic carbocycles. The molecule has 0 aliphatic carbocycles. The lowest BCUT2D eigenvalue weighted by atomic mass is 10.2. The highest BCUT2D eigenvalue weighted by atomic mass is 32.1. The number of thiazole rings is 1. The van der Waals surface area contributed by atoms with E-state index in [0.717, 1.165) is 37.3 Å². The van der Waals surface area contributed by atoms with Gasteiger partial charge in [0.1, 0.15) is 4.88 Å². The molecule has 1 fully saturated rings. The van der Waals surface area contributed by atoms with Crippen LogP contribution in [-0.4, -0.2) is 57.8 Å². The molecule has 3 heterocycles. The molecule has 0 bridgehead atoms. The predicted molar refractivity (Wildman–Crippen MR) is 93.6 cm³/mol. The summed E-state index contributed by atoms with van der Waals surface area (Å²) in [6, 6.07) is 2.20. The molecule has 0 radical (unpaired) electrons. The van der Waals surface area contributed by atoms with E-state index < -0.39 is 5.97 Å². The van der Waals surface area contributed by atoms with Crippen LogP contribution in [0.2, 0.25) is 0 Å². The molecule has 1 atom stereocenters. The summed E-state index contributed by atoms with van der Waals surface area (Å²) >= 11 is 1.13. The molecule has 0 spiro atoms. The van der Waals surface area contributed by atoms with E-state index in [-0.39, 0.29) is 5.91 Å². The maximum Gasteiger partial charge on any atom is 0.350 e. The second-order valence-corrected chi connectivity index (χ2v) is 6.97. The number of carbonyl (C=O) groups excluding carboxylic acids is 2. The predicted octanol–water partition coefficient (Wildman–Crippen LogP) is 1.54. The van der Waals surface area contributed by atoms with Gasteiger partial charge in [0.2, 0.25) is 5.91 Å². The Morgan fingerprint density at radius 1 is 1.48 bits per heavy atom. The van der Waals surface area contributed by atoms with E-state index in [0.29, 0.717) is 28.3 Å². The van der Waals surface area contributed by atoms with Crippen molar-refractivity contribution in [3.63, 3.8) is 0 Å². The molecule has 2 aromatic rings. The van der Waals surface area contributed by atoms with Crippen LogP contribution in [0.15, 0.2) is 18.5 Å². The number of hydrogen-bond donors (Lipinski definition) is 1. The number of anilines is 1. The Hall–Kier alpha value is -2.26. The Morgan fingerprint density at radius 3 is 3.04 bits per heavy atom. The lowest BCUT2D eigenvalue weighted by Gasteiger charge is -2.23. The van der Waals surface area contributed by atoms with E-state index in [1.54, 1.807) is 13.1 Å². The van der Waals surface area contributed by atoms with E-state index in [1.165, 1.54) is 7.11 Å². The van der Waals surface area contributed by atoms with Gasteiger partial charge >= 0.3 is 5.97 Å². The summed E-state index contributed by atoms with van der Waals surface area (Å²) in [4.78, 5) is 30.8. The summed E-state index contributed by atoms with van der Waals surface area (Å²) in [6.45, 7) is 3.70. The number of aryl methyl sites for hydroxylation is 1. The zero-order valence-electron chi connectivity index (χ0n) is 14.3. The average molecular weight is 363 g/mol. The zero-order valence-corrected chi connectivity index (χ0v) is 15.1. The molecular formula is C16H21N5O3S. The minimum atomic E-state index is -0.436. The van der Waals surface area contributed by atoms with Crippen molar-refractivity contribution in [3.05, 3.63) is 29.0 Å². The number of rotatable bonds is 6. The Bertz CT molecular complexity index is 743. The van der Waals surface area contributed by atoms with Crippen molar-refractivity contribution in [2.75, 3.05) is 25.5 Å². The Kier molecular flexibility index (Phi) is 5.44. The topological polar surface area (TPSA) is 89.4 Å². The van der Waals surface area contributed by atoms with Crippen molar-refractivity contribution < 1.29 is 14.3 Å². The van der Waals surface area contributed by atoms with Gasteiger partial charge in [0.15, 0.2) is 5.13 Å². The number of nitrogens with zero attached hydrogens (tertiary/aromatic N) is 4. The number of hydrogen-bond acceptors (Lipinski definition) is 7. The number of ether oxygens (including phenoxy) is 1. The molecule has 1 N–H and O–H groups in total. The van der Waals surface area contributed by atoms with Crippen molar-refractivity contribution in [2.45, 2.75) is 32.4 Å². The molecule has 8 nitrogen and oxygen atoms in total. The summed E-state index contributed by atoms with van der Waals surface area (Å²) in [5.41, 5.74) is 0.560. The Balaban J connectivity index is 1.57. The molecule has 2 aromatic heterocycles. The quantitative estimate of drug-likeness (QED) is 0.783. The molecule has 1 saturated heterocycles. The highest BCUT2D eigenvalue weighted by molar-refractivity contribution is 7.17. The second-order valence-electron chi connectivity index (χ2n) is 5.97. The van der Waals surface area contributed by atoms with Crippen LogP contribution >= 0.6 is 11.3 Å². The van der Waals surface area contributed by atoms with Gasteiger partial charge in [-0.15, -0.1) is 0 Å². The first-order valence-electron chi connectivity index (χ1n) is 8.14. The summed E-state index contributed by atoms with van der Waals surface area (Å²) in [5.74, 6) is -0.563. The van der Waals surface area contributed by atoms with Crippen LogP contribution in [0, 0.1) is 6.92 Å². The van der Waals surface area contributed by atoms with Crippen LogP contribution in [0.4, 0.5) is 5.13 Å². The first-order valence-corrected chi connectivity index (χ1v) is 8.95. The number of esters is 1. The van der Waals surface area contributed by atoms with E-state index in [1.807, 2.05) is 16.9 Å². The number of nitrogens with one attached hydrogen (secondary N) is 1. The maximum absolute atomic E-state index is 12.4. The number of carbonyl (C=O) groups is 2. The number of amides is 1. The molecule has 0 unspecified atom stereocenters. The Morgan fingerprint density at radius 2 is 2.32 bits per heavy atom. The van der Waals surface area contributed by atoms with Crippen LogP contribution in [0.1, 0.15) is 28.2 Å². The van der Waals surface area contributed by atoms with Crippen molar-refractivity contribution in [1.82, 2.24) is 19.7 Å². The fraction of sp³-hybridized carbons (Fsp3) is 0.500. The molecule has 134 valence electrons. The summed E-state index contributed by atoms with van der Waals surface area (Å²) in [5, 5.41) is 7.44. The zero-order chi connectivity index (χ0) is 17.8. The second kappa shape index (κ2) is 7.75. The van der Waals surface area contributed by atoms with Gasteiger partial charge in [0.25, 0.3) is 0 Å². The van der Waals surface area contributed by atoms with E-state index >= 15 is 0 Å². The van der Waals surface area contributed by atoms with Crippen molar-refractivity contribution in [3.8, 4) is 0 Å². The van der Waals surface area contributed by atoms with Gasteiger partial charge in [-0.25, -0.2) is 9.78 Å². The van der Waals surface area contributed by atoms with Gasteiger partial charge in [-0.1, -0.05) is 11.3 Å². The van der Waals surface area contributed by atoms with Crippen LogP contribution in [-0.2, 0) is 16.1 Å². The third kappa shape index (κ3) is 4.23. The largest absolute Gasteiger partial charge is 0.465 e. The number of methoxy groups -OCH3 is 1. The van der Waals surface area contributed by atoms with E-state index in [2.05, 4.69) is 20.3 Å². The average Bonchev–Trinajstić information content (AvgIpc) is 3.30. The lowest BCUT2D eigenvalue weighted by Crippen LogP contribution is -2.39. The van der Waals surface area contributed by atoms with Crippen LogP contribution in [0.25, 0.3) is 0 Å². The fourth-order valence-electron chi connectivity index (χ4n) is 3.01. The van der Waals surface area contributed by atoms with Gasteiger partial charge in [0.05, 0.1) is 25.9 Å². The molecule has 3 rings (SSSR count).